The number of carbonyl (C=O) groups excluding carboxylic acids is 2. The van der Waals surface area contributed by atoms with E-state index in [0.29, 0.717) is 15.8 Å². The molecule has 9 heteroatoms. The number of nitrogens with one attached hydrogen (secondary N) is 2. The zero-order chi connectivity index (χ0) is 19.1. The number of halogens is 3. The van der Waals surface area contributed by atoms with Crippen LogP contribution in [0.3, 0.4) is 0 Å². The molecule has 0 aliphatic rings. The Kier molecular flexibility index (Phi) is 7.38. The van der Waals surface area contributed by atoms with E-state index in [1.54, 1.807) is 36.4 Å². The van der Waals surface area contributed by atoms with E-state index in [9.17, 15) is 9.59 Å². The first-order chi connectivity index (χ1) is 12.3. The highest BCUT2D eigenvalue weighted by atomic mass is 35.5. The summed E-state index contributed by atoms with van der Waals surface area (Å²) >= 11 is 17.5. The lowest BCUT2D eigenvalue weighted by atomic mass is 10.2. The summed E-state index contributed by atoms with van der Waals surface area (Å²) in [6.45, 7) is 1.53. The van der Waals surface area contributed by atoms with Gasteiger partial charge < -0.3 is 9.47 Å². The molecule has 0 radical (unpaired) electrons. The maximum atomic E-state index is 12.0. The lowest BCUT2D eigenvalue weighted by Gasteiger charge is -2.16. The predicted octanol–water partition coefficient (Wildman–Crippen LogP) is 4.37. The summed E-state index contributed by atoms with van der Waals surface area (Å²) in [6.07, 6.45) is -1.73. The number of ether oxygens (including phenoxy) is 2. The fraction of sp³-hybridized carbons (Fsp3) is 0.176. The molecular weight excluding hydrogens is 403 g/mol. The van der Waals surface area contributed by atoms with Crippen LogP contribution in [0.15, 0.2) is 42.5 Å². The monoisotopic (exact) mass is 416 g/mol. The van der Waals surface area contributed by atoms with Gasteiger partial charge in [0.15, 0.2) is 6.10 Å². The number of hydrogen-bond donors (Lipinski definition) is 2. The predicted molar refractivity (Wildman–Crippen MR) is 99.5 cm³/mol. The average molecular weight is 418 g/mol. The standard InChI is InChI=1S/C17H15Cl3N2O4/c1-10(26-15-7-6-13(19)8-14(15)20)16(23)21-22-17(24)25-9-11-2-4-12(18)5-3-11/h2-8,10H,9H2,1H3,(H,21,23)(H,22,24)/t10-/m0/s1. The van der Waals surface area contributed by atoms with Crippen molar-refractivity contribution in [3.05, 3.63) is 63.1 Å². The van der Waals surface area contributed by atoms with Crippen LogP contribution in [0.1, 0.15) is 12.5 Å². The van der Waals surface area contributed by atoms with E-state index in [-0.39, 0.29) is 11.6 Å². The number of hydrazine groups is 1. The van der Waals surface area contributed by atoms with Crippen LogP contribution in [-0.4, -0.2) is 18.1 Å². The smallest absolute Gasteiger partial charge is 0.426 e. The van der Waals surface area contributed by atoms with Gasteiger partial charge in [-0.2, -0.15) is 0 Å². The van der Waals surface area contributed by atoms with Crippen LogP contribution < -0.4 is 15.6 Å². The summed E-state index contributed by atoms with van der Waals surface area (Å²) in [6, 6.07) is 11.4. The summed E-state index contributed by atoms with van der Waals surface area (Å²) in [5.74, 6) is -0.288. The van der Waals surface area contributed by atoms with Crippen LogP contribution in [0.2, 0.25) is 15.1 Å². The van der Waals surface area contributed by atoms with E-state index in [1.165, 1.54) is 13.0 Å². The van der Waals surface area contributed by atoms with Crippen LogP contribution in [0.25, 0.3) is 0 Å². The molecule has 0 aliphatic carbocycles. The lowest BCUT2D eigenvalue weighted by Crippen LogP contribution is -2.47. The molecule has 0 aromatic heterocycles. The fourth-order valence-electron chi connectivity index (χ4n) is 1.79. The minimum Gasteiger partial charge on any atom is -0.479 e. The van der Waals surface area contributed by atoms with Crippen LogP contribution >= 0.6 is 34.8 Å². The Labute approximate surface area is 165 Å². The summed E-state index contributed by atoms with van der Waals surface area (Å²) in [5, 5.41) is 1.30. The van der Waals surface area contributed by atoms with Gasteiger partial charge in [0.05, 0.1) is 5.02 Å². The van der Waals surface area contributed by atoms with E-state index in [4.69, 9.17) is 44.3 Å². The molecule has 2 amide bonds. The van der Waals surface area contributed by atoms with Crippen LogP contribution in [-0.2, 0) is 16.1 Å². The third-order valence-electron chi connectivity index (χ3n) is 3.14. The number of benzene rings is 2. The quantitative estimate of drug-likeness (QED) is 0.708. The van der Waals surface area contributed by atoms with Crippen molar-refractivity contribution in [2.75, 3.05) is 0 Å². The van der Waals surface area contributed by atoms with Crippen molar-refractivity contribution in [3.63, 3.8) is 0 Å². The molecule has 138 valence electrons. The molecule has 2 rings (SSSR count). The molecule has 2 N–H and O–H groups in total. The summed E-state index contributed by atoms with van der Waals surface area (Å²) in [7, 11) is 0. The third-order valence-corrected chi connectivity index (χ3v) is 3.92. The van der Waals surface area contributed by atoms with Gasteiger partial charge in [-0.15, -0.1) is 0 Å². The van der Waals surface area contributed by atoms with E-state index >= 15 is 0 Å². The highest BCUT2D eigenvalue weighted by molar-refractivity contribution is 6.35. The molecule has 26 heavy (non-hydrogen) atoms. The van der Waals surface area contributed by atoms with Crippen molar-refractivity contribution in [1.82, 2.24) is 10.9 Å². The molecule has 0 unspecified atom stereocenters. The van der Waals surface area contributed by atoms with Crippen molar-refractivity contribution in [2.45, 2.75) is 19.6 Å². The van der Waals surface area contributed by atoms with Gasteiger partial charge in [-0.05, 0) is 42.8 Å². The van der Waals surface area contributed by atoms with Gasteiger partial charge in [0.1, 0.15) is 12.4 Å². The van der Waals surface area contributed by atoms with Crippen LogP contribution in [0, 0.1) is 0 Å². The second-order valence-electron chi connectivity index (χ2n) is 5.15. The average Bonchev–Trinajstić information content (AvgIpc) is 2.61. The normalized spacial score (nSPS) is 11.4. The molecule has 2 aromatic carbocycles. The van der Waals surface area contributed by atoms with Gasteiger partial charge in [-0.3, -0.25) is 10.2 Å². The Bertz CT molecular complexity index is 784. The van der Waals surface area contributed by atoms with Gasteiger partial charge in [0.2, 0.25) is 0 Å². The molecule has 0 spiro atoms. The Hall–Kier alpha value is -2.15. The summed E-state index contributed by atoms with van der Waals surface area (Å²) in [5.41, 5.74) is 5.09. The van der Waals surface area contributed by atoms with Crippen molar-refractivity contribution in [3.8, 4) is 5.75 Å². The second-order valence-corrected chi connectivity index (χ2v) is 6.43. The first-order valence-corrected chi connectivity index (χ1v) is 8.57. The maximum absolute atomic E-state index is 12.0. The van der Waals surface area contributed by atoms with E-state index < -0.39 is 18.1 Å². The largest absolute Gasteiger partial charge is 0.479 e. The molecule has 2 aromatic rings. The minimum absolute atomic E-state index is 0.0330. The first kappa shape index (κ1) is 20.2. The number of hydrogen-bond acceptors (Lipinski definition) is 4. The number of rotatable bonds is 5. The van der Waals surface area contributed by atoms with Crippen molar-refractivity contribution in [1.29, 1.82) is 0 Å². The second kappa shape index (κ2) is 9.52. The molecule has 0 fully saturated rings. The molecule has 0 saturated carbocycles. The molecule has 0 aliphatic heterocycles. The Morgan fingerprint density at radius 2 is 1.65 bits per heavy atom. The zero-order valence-corrected chi connectivity index (χ0v) is 15.9. The molecule has 0 bridgehead atoms. The zero-order valence-electron chi connectivity index (χ0n) is 13.6. The highest BCUT2D eigenvalue weighted by Gasteiger charge is 2.17. The lowest BCUT2D eigenvalue weighted by molar-refractivity contribution is -0.128. The van der Waals surface area contributed by atoms with Gasteiger partial charge in [-0.25, -0.2) is 10.2 Å². The van der Waals surface area contributed by atoms with Crippen LogP contribution in [0.5, 0.6) is 5.75 Å². The number of amides is 2. The molecular formula is C17H15Cl3N2O4. The van der Waals surface area contributed by atoms with E-state index in [1.807, 2.05) is 0 Å². The van der Waals surface area contributed by atoms with Crippen molar-refractivity contribution in [2.24, 2.45) is 0 Å². The molecule has 6 nitrogen and oxygen atoms in total. The van der Waals surface area contributed by atoms with E-state index in [2.05, 4.69) is 10.9 Å². The number of carbonyl (C=O) groups is 2. The Morgan fingerprint density at radius 3 is 2.31 bits per heavy atom. The Morgan fingerprint density at radius 1 is 1.00 bits per heavy atom. The third kappa shape index (κ3) is 6.29. The van der Waals surface area contributed by atoms with Crippen molar-refractivity contribution >= 4 is 46.8 Å². The highest BCUT2D eigenvalue weighted by Crippen LogP contribution is 2.28. The van der Waals surface area contributed by atoms with Gasteiger partial charge >= 0.3 is 6.09 Å². The van der Waals surface area contributed by atoms with Gasteiger partial charge in [0.25, 0.3) is 5.91 Å². The fourth-order valence-corrected chi connectivity index (χ4v) is 2.37. The van der Waals surface area contributed by atoms with E-state index in [0.717, 1.165) is 5.56 Å². The summed E-state index contributed by atoms with van der Waals surface area (Å²) < 4.78 is 10.4. The molecule has 0 heterocycles. The molecule has 0 saturated heterocycles. The first-order valence-electron chi connectivity index (χ1n) is 7.44. The molecule has 1 atom stereocenters. The SMILES string of the molecule is C[C@H](Oc1ccc(Cl)cc1Cl)C(=O)NNC(=O)OCc1ccc(Cl)cc1. The van der Waals surface area contributed by atoms with Gasteiger partial charge in [0, 0.05) is 10.0 Å². The van der Waals surface area contributed by atoms with Gasteiger partial charge in [-0.1, -0.05) is 46.9 Å². The Balaban J connectivity index is 1.76. The minimum atomic E-state index is -0.912. The maximum Gasteiger partial charge on any atom is 0.426 e. The van der Waals surface area contributed by atoms with Crippen molar-refractivity contribution < 1.29 is 19.1 Å². The summed E-state index contributed by atoms with van der Waals surface area (Å²) in [4.78, 5) is 23.6. The topological polar surface area (TPSA) is 76.7 Å². The van der Waals surface area contributed by atoms with Crippen LogP contribution in [0.4, 0.5) is 4.79 Å².